The van der Waals surface area contributed by atoms with Gasteiger partial charge in [-0.3, -0.25) is 9.69 Å². The molecule has 1 N–H and O–H groups in total. The minimum Gasteiger partial charge on any atom is -0.444 e. The first-order chi connectivity index (χ1) is 9.62. The molecule has 1 amide bonds. The molecule has 1 aliphatic heterocycles. The van der Waals surface area contributed by atoms with Crippen molar-refractivity contribution in [1.29, 1.82) is 0 Å². The van der Waals surface area contributed by atoms with Crippen molar-refractivity contribution in [2.45, 2.75) is 46.1 Å². The maximum absolute atomic E-state index is 11.4. The van der Waals surface area contributed by atoms with E-state index in [1.807, 2.05) is 6.92 Å². The first kappa shape index (κ1) is 15.0. The second kappa shape index (κ2) is 6.88. The fourth-order valence-corrected chi connectivity index (χ4v) is 2.70. The molecule has 1 aliphatic rings. The summed E-state index contributed by atoms with van der Waals surface area (Å²) in [4.78, 5) is 18.2. The summed E-state index contributed by atoms with van der Waals surface area (Å²) >= 11 is 0. The van der Waals surface area contributed by atoms with Crippen LogP contribution in [0.4, 0.5) is 0 Å². The number of aryl methyl sites for hydroxylation is 2. The highest BCUT2D eigenvalue weighted by Gasteiger charge is 2.22. The zero-order chi connectivity index (χ0) is 14.5. The Hall–Kier alpha value is -1.36. The van der Waals surface area contributed by atoms with Gasteiger partial charge in [0.1, 0.15) is 5.76 Å². The summed E-state index contributed by atoms with van der Waals surface area (Å²) in [5.74, 6) is 2.49. The molecule has 1 aromatic heterocycles. The number of piperidine rings is 1. The number of carbonyl (C=O) groups is 1. The van der Waals surface area contributed by atoms with E-state index in [0.29, 0.717) is 12.3 Å². The Morgan fingerprint density at radius 2 is 2.15 bits per heavy atom. The van der Waals surface area contributed by atoms with Gasteiger partial charge in [0.15, 0.2) is 5.89 Å². The van der Waals surface area contributed by atoms with E-state index in [4.69, 9.17) is 4.42 Å². The van der Waals surface area contributed by atoms with Crippen molar-refractivity contribution in [1.82, 2.24) is 15.2 Å². The molecule has 0 atom stereocenters. The Morgan fingerprint density at radius 3 is 2.70 bits per heavy atom. The van der Waals surface area contributed by atoms with Gasteiger partial charge in [-0.05, 0) is 38.8 Å². The summed E-state index contributed by atoms with van der Waals surface area (Å²) in [6.45, 7) is 6.97. The van der Waals surface area contributed by atoms with Crippen molar-refractivity contribution < 1.29 is 9.21 Å². The van der Waals surface area contributed by atoms with Crippen molar-refractivity contribution in [2.75, 3.05) is 20.1 Å². The number of nitrogens with one attached hydrogen (secondary N) is 1. The van der Waals surface area contributed by atoms with Crippen LogP contribution in [0.5, 0.6) is 0 Å². The monoisotopic (exact) mass is 279 g/mol. The predicted octanol–water partition coefficient (Wildman–Crippen LogP) is 1.89. The molecule has 0 saturated carbocycles. The van der Waals surface area contributed by atoms with Gasteiger partial charge in [-0.2, -0.15) is 0 Å². The van der Waals surface area contributed by atoms with Crippen LogP contribution in [-0.2, 0) is 17.8 Å². The van der Waals surface area contributed by atoms with Gasteiger partial charge in [-0.15, -0.1) is 0 Å². The van der Waals surface area contributed by atoms with Crippen molar-refractivity contribution in [3.8, 4) is 0 Å². The highest BCUT2D eigenvalue weighted by atomic mass is 16.4. The number of carbonyl (C=O) groups excluding carboxylic acids is 1. The quantitative estimate of drug-likeness (QED) is 0.894. The zero-order valence-electron chi connectivity index (χ0n) is 12.7. The second-order valence-corrected chi connectivity index (χ2v) is 5.57. The van der Waals surface area contributed by atoms with Crippen molar-refractivity contribution in [3.63, 3.8) is 0 Å². The smallest absolute Gasteiger partial charge is 0.220 e. The first-order valence-corrected chi connectivity index (χ1v) is 7.50. The van der Waals surface area contributed by atoms with E-state index in [9.17, 15) is 4.79 Å². The van der Waals surface area contributed by atoms with Crippen molar-refractivity contribution in [3.05, 3.63) is 17.3 Å². The minimum absolute atomic E-state index is 0.155. The molecule has 0 unspecified atom stereocenters. The molecule has 2 rings (SSSR count). The summed E-state index contributed by atoms with van der Waals surface area (Å²) in [5.41, 5.74) is 1.01. The van der Waals surface area contributed by atoms with Crippen LogP contribution in [0.25, 0.3) is 0 Å². The van der Waals surface area contributed by atoms with Crippen LogP contribution in [0.15, 0.2) is 4.42 Å². The summed E-state index contributed by atoms with van der Waals surface area (Å²) in [7, 11) is 1.70. The molecule has 0 aromatic carbocycles. The van der Waals surface area contributed by atoms with Gasteiger partial charge in [0.2, 0.25) is 5.91 Å². The Labute approximate surface area is 120 Å². The number of amides is 1. The zero-order valence-corrected chi connectivity index (χ0v) is 12.7. The molecule has 1 saturated heterocycles. The standard InChI is InChI=1S/C15H25N3O2/c1-4-15-17-11(2)13(20-15)10-18-7-5-12(6-8-18)9-14(19)16-3/h12H,4-10H2,1-3H3,(H,16,19). The molecule has 2 heterocycles. The number of oxazole rings is 1. The maximum atomic E-state index is 11.4. The summed E-state index contributed by atoms with van der Waals surface area (Å²) in [5, 5.41) is 2.70. The maximum Gasteiger partial charge on any atom is 0.220 e. The summed E-state index contributed by atoms with van der Waals surface area (Å²) < 4.78 is 5.76. The van der Waals surface area contributed by atoms with E-state index in [1.54, 1.807) is 7.05 Å². The van der Waals surface area contributed by atoms with E-state index in [-0.39, 0.29) is 5.91 Å². The minimum atomic E-state index is 0.155. The lowest BCUT2D eigenvalue weighted by atomic mass is 9.93. The molecule has 0 aliphatic carbocycles. The van der Waals surface area contributed by atoms with Crippen LogP contribution >= 0.6 is 0 Å². The second-order valence-electron chi connectivity index (χ2n) is 5.57. The van der Waals surface area contributed by atoms with Crippen LogP contribution < -0.4 is 5.32 Å². The normalized spacial score (nSPS) is 17.4. The third-order valence-corrected chi connectivity index (χ3v) is 4.07. The number of rotatable bonds is 5. The number of likely N-dealkylation sites (tertiary alicyclic amines) is 1. The molecule has 5 heteroatoms. The lowest BCUT2D eigenvalue weighted by Gasteiger charge is -2.31. The van der Waals surface area contributed by atoms with E-state index in [0.717, 1.165) is 56.2 Å². The van der Waals surface area contributed by atoms with Crippen LogP contribution in [0, 0.1) is 12.8 Å². The van der Waals surface area contributed by atoms with Crippen LogP contribution in [0.3, 0.4) is 0 Å². The van der Waals surface area contributed by atoms with Crippen LogP contribution in [-0.4, -0.2) is 35.9 Å². The Bertz CT molecular complexity index is 448. The van der Waals surface area contributed by atoms with Gasteiger partial charge in [-0.1, -0.05) is 6.92 Å². The Kier molecular flexibility index (Phi) is 5.17. The van der Waals surface area contributed by atoms with Gasteiger partial charge in [0.25, 0.3) is 0 Å². The highest BCUT2D eigenvalue weighted by Crippen LogP contribution is 2.22. The molecule has 0 spiro atoms. The van der Waals surface area contributed by atoms with Gasteiger partial charge >= 0.3 is 0 Å². The first-order valence-electron chi connectivity index (χ1n) is 7.50. The van der Waals surface area contributed by atoms with Gasteiger partial charge in [0.05, 0.1) is 12.2 Å². The van der Waals surface area contributed by atoms with Crippen molar-refractivity contribution >= 4 is 5.91 Å². The number of nitrogens with zero attached hydrogens (tertiary/aromatic N) is 2. The Balaban J connectivity index is 1.82. The SMILES string of the molecule is CCc1nc(C)c(CN2CCC(CC(=O)NC)CC2)o1. The molecule has 1 fully saturated rings. The molecular formula is C15H25N3O2. The summed E-state index contributed by atoms with van der Waals surface area (Å²) in [6.07, 6.45) is 3.67. The number of hydrogen-bond donors (Lipinski definition) is 1. The van der Waals surface area contributed by atoms with Gasteiger partial charge in [0, 0.05) is 19.9 Å². The number of aromatic nitrogens is 1. The number of hydrogen-bond acceptors (Lipinski definition) is 4. The lowest BCUT2D eigenvalue weighted by molar-refractivity contribution is -0.121. The van der Waals surface area contributed by atoms with Crippen molar-refractivity contribution in [2.24, 2.45) is 5.92 Å². The fraction of sp³-hybridized carbons (Fsp3) is 0.733. The largest absolute Gasteiger partial charge is 0.444 e. The average molecular weight is 279 g/mol. The molecule has 0 radical (unpaired) electrons. The summed E-state index contributed by atoms with van der Waals surface area (Å²) in [6, 6.07) is 0. The molecule has 5 nitrogen and oxygen atoms in total. The van der Waals surface area contributed by atoms with Crippen LogP contribution in [0.2, 0.25) is 0 Å². The molecule has 112 valence electrons. The lowest BCUT2D eigenvalue weighted by Crippen LogP contribution is -2.35. The average Bonchev–Trinajstić information content (AvgIpc) is 2.81. The van der Waals surface area contributed by atoms with E-state index in [1.165, 1.54) is 0 Å². The van der Waals surface area contributed by atoms with E-state index in [2.05, 4.69) is 22.1 Å². The molecule has 0 bridgehead atoms. The third-order valence-electron chi connectivity index (χ3n) is 4.07. The fourth-order valence-electron chi connectivity index (χ4n) is 2.70. The van der Waals surface area contributed by atoms with Crippen LogP contribution in [0.1, 0.15) is 43.5 Å². The van der Waals surface area contributed by atoms with E-state index < -0.39 is 0 Å². The Morgan fingerprint density at radius 1 is 1.45 bits per heavy atom. The predicted molar refractivity (Wildman–Crippen MR) is 77.3 cm³/mol. The van der Waals surface area contributed by atoms with Gasteiger partial charge < -0.3 is 9.73 Å². The molecule has 20 heavy (non-hydrogen) atoms. The molecule has 1 aromatic rings. The van der Waals surface area contributed by atoms with E-state index >= 15 is 0 Å². The third kappa shape index (κ3) is 3.82. The molecular weight excluding hydrogens is 254 g/mol. The highest BCUT2D eigenvalue weighted by molar-refractivity contribution is 5.75. The topological polar surface area (TPSA) is 58.4 Å². The van der Waals surface area contributed by atoms with Gasteiger partial charge in [-0.25, -0.2) is 4.98 Å².